The summed E-state index contributed by atoms with van der Waals surface area (Å²) < 4.78 is 2.03. The Morgan fingerprint density at radius 1 is 1.69 bits per heavy atom. The van der Waals surface area contributed by atoms with Crippen molar-refractivity contribution in [3.05, 3.63) is 18.2 Å². The van der Waals surface area contributed by atoms with Gasteiger partial charge < -0.3 is 9.88 Å². The van der Waals surface area contributed by atoms with E-state index in [1.165, 1.54) is 0 Å². The Morgan fingerprint density at radius 2 is 2.54 bits per heavy atom. The molecule has 0 spiro atoms. The van der Waals surface area contributed by atoms with Crippen LogP contribution in [0.25, 0.3) is 0 Å². The Labute approximate surface area is 79.2 Å². The summed E-state index contributed by atoms with van der Waals surface area (Å²) >= 11 is 0. The van der Waals surface area contributed by atoms with Crippen molar-refractivity contribution < 1.29 is 0 Å². The van der Waals surface area contributed by atoms with Gasteiger partial charge in [0.25, 0.3) is 0 Å². The number of hydrogen-bond acceptors (Lipinski definition) is 2. The van der Waals surface area contributed by atoms with Crippen LogP contribution in [0.2, 0.25) is 0 Å². The van der Waals surface area contributed by atoms with Crippen LogP contribution in [0.3, 0.4) is 0 Å². The molecule has 70 valence electrons. The first kappa shape index (κ1) is 9.82. The van der Waals surface area contributed by atoms with Crippen molar-refractivity contribution >= 4 is 0 Å². The second-order valence-corrected chi connectivity index (χ2v) is 2.91. The molecule has 0 atom stereocenters. The zero-order chi connectivity index (χ0) is 9.52. The molecule has 0 radical (unpaired) electrons. The Balaban J connectivity index is 2.40. The van der Waals surface area contributed by atoms with Gasteiger partial charge >= 0.3 is 0 Å². The van der Waals surface area contributed by atoms with Crippen LogP contribution in [0.1, 0.15) is 12.1 Å². The monoisotopic (exact) mass is 177 g/mol. The van der Waals surface area contributed by atoms with Crippen molar-refractivity contribution in [3.63, 3.8) is 0 Å². The van der Waals surface area contributed by atoms with Crippen molar-refractivity contribution in [1.82, 2.24) is 14.9 Å². The maximum Gasteiger partial charge on any atom is 0.0949 e. The number of rotatable bonds is 5. The van der Waals surface area contributed by atoms with Crippen LogP contribution < -0.4 is 5.32 Å². The Kier molecular flexibility index (Phi) is 4.07. The van der Waals surface area contributed by atoms with Crippen LogP contribution in [-0.4, -0.2) is 23.1 Å². The number of aryl methyl sites for hydroxylation is 1. The summed E-state index contributed by atoms with van der Waals surface area (Å²) in [6.45, 7) is 1.83. The predicted molar refractivity (Wildman–Crippen MR) is 53.3 cm³/mol. The molecule has 0 saturated heterocycles. The maximum atomic E-state index is 5.17. The molecule has 1 aromatic heterocycles. The summed E-state index contributed by atoms with van der Waals surface area (Å²) in [6, 6.07) is 0. The number of imidazole rings is 1. The van der Waals surface area contributed by atoms with E-state index in [2.05, 4.69) is 22.4 Å². The molecule has 0 saturated carbocycles. The van der Waals surface area contributed by atoms with Crippen LogP contribution >= 0.6 is 0 Å². The molecule has 0 amide bonds. The van der Waals surface area contributed by atoms with E-state index in [0.29, 0.717) is 0 Å². The molecule has 0 unspecified atom stereocenters. The van der Waals surface area contributed by atoms with E-state index in [4.69, 9.17) is 6.42 Å². The fourth-order valence-corrected chi connectivity index (χ4v) is 1.10. The van der Waals surface area contributed by atoms with Gasteiger partial charge in [0.1, 0.15) is 0 Å². The molecular weight excluding hydrogens is 162 g/mol. The van der Waals surface area contributed by atoms with Crippen molar-refractivity contribution in [2.45, 2.75) is 19.4 Å². The van der Waals surface area contributed by atoms with Gasteiger partial charge in [0.05, 0.1) is 12.0 Å². The van der Waals surface area contributed by atoms with Gasteiger partial charge in [-0.3, -0.25) is 0 Å². The van der Waals surface area contributed by atoms with Gasteiger partial charge in [-0.05, 0) is 7.05 Å². The number of aromatic nitrogens is 2. The van der Waals surface area contributed by atoms with Gasteiger partial charge in [0.2, 0.25) is 0 Å². The smallest absolute Gasteiger partial charge is 0.0949 e. The summed E-state index contributed by atoms with van der Waals surface area (Å²) in [4.78, 5) is 4.26. The Hall–Kier alpha value is -1.27. The van der Waals surface area contributed by atoms with Gasteiger partial charge in [-0.2, -0.15) is 0 Å². The molecular formula is C10H15N3. The normalized spacial score (nSPS) is 9.85. The van der Waals surface area contributed by atoms with E-state index in [9.17, 15) is 0 Å². The summed E-state index contributed by atoms with van der Waals surface area (Å²) in [5, 5.41) is 3.09. The first-order valence-corrected chi connectivity index (χ1v) is 4.45. The van der Waals surface area contributed by atoms with Crippen LogP contribution in [0, 0.1) is 12.3 Å². The number of nitrogens with one attached hydrogen (secondary N) is 1. The number of likely N-dealkylation sites (N-methyl/N-ethyl adjacent to an activating group) is 1. The van der Waals surface area contributed by atoms with E-state index in [0.717, 1.165) is 31.6 Å². The van der Waals surface area contributed by atoms with Crippen LogP contribution in [-0.2, 0) is 13.0 Å². The van der Waals surface area contributed by atoms with Crippen molar-refractivity contribution in [2.75, 3.05) is 13.6 Å². The van der Waals surface area contributed by atoms with E-state index in [1.54, 1.807) is 0 Å². The van der Waals surface area contributed by atoms with Gasteiger partial charge in [-0.15, -0.1) is 12.3 Å². The second-order valence-electron chi connectivity index (χ2n) is 2.91. The number of terminal acetylenes is 1. The average Bonchev–Trinajstić information content (AvgIpc) is 2.59. The summed E-state index contributed by atoms with van der Waals surface area (Å²) in [6.07, 6.45) is 10.8. The van der Waals surface area contributed by atoms with Crippen molar-refractivity contribution in [3.8, 4) is 12.3 Å². The SMILES string of the molecule is C#CCCn1cnc(CCNC)c1. The van der Waals surface area contributed by atoms with Crippen LogP contribution in [0.15, 0.2) is 12.5 Å². The summed E-state index contributed by atoms with van der Waals surface area (Å²) in [5.41, 5.74) is 1.12. The van der Waals surface area contributed by atoms with E-state index in [1.807, 2.05) is 17.9 Å². The largest absolute Gasteiger partial charge is 0.336 e. The van der Waals surface area contributed by atoms with Gasteiger partial charge in [0, 0.05) is 32.1 Å². The second kappa shape index (κ2) is 5.39. The minimum atomic E-state index is 0.766. The minimum Gasteiger partial charge on any atom is -0.336 e. The third-order valence-electron chi connectivity index (χ3n) is 1.83. The number of nitrogens with zero attached hydrogens (tertiary/aromatic N) is 2. The maximum absolute atomic E-state index is 5.17. The molecule has 0 aliphatic heterocycles. The molecule has 1 heterocycles. The standard InChI is InChI=1S/C10H15N3/c1-3-4-7-13-8-10(12-9-13)5-6-11-2/h1,8-9,11H,4-7H2,2H3. The fraction of sp³-hybridized carbons (Fsp3) is 0.500. The highest BCUT2D eigenvalue weighted by Crippen LogP contribution is 1.97. The lowest BCUT2D eigenvalue weighted by Gasteiger charge is -1.96. The Morgan fingerprint density at radius 3 is 3.23 bits per heavy atom. The highest BCUT2D eigenvalue weighted by atomic mass is 15.0. The molecule has 13 heavy (non-hydrogen) atoms. The van der Waals surface area contributed by atoms with Crippen LogP contribution in [0.4, 0.5) is 0 Å². The summed E-state index contributed by atoms with van der Waals surface area (Å²) in [5.74, 6) is 2.61. The quantitative estimate of drug-likeness (QED) is 0.670. The highest BCUT2D eigenvalue weighted by molar-refractivity contribution is 4.98. The molecule has 0 aliphatic carbocycles. The average molecular weight is 177 g/mol. The van der Waals surface area contributed by atoms with E-state index >= 15 is 0 Å². The highest BCUT2D eigenvalue weighted by Gasteiger charge is 1.96. The topological polar surface area (TPSA) is 29.9 Å². The zero-order valence-corrected chi connectivity index (χ0v) is 7.95. The van der Waals surface area contributed by atoms with Crippen molar-refractivity contribution in [1.29, 1.82) is 0 Å². The first-order valence-electron chi connectivity index (χ1n) is 4.45. The molecule has 0 fully saturated rings. The third kappa shape index (κ3) is 3.30. The molecule has 1 N–H and O–H groups in total. The fourth-order valence-electron chi connectivity index (χ4n) is 1.10. The zero-order valence-electron chi connectivity index (χ0n) is 7.95. The first-order chi connectivity index (χ1) is 6.36. The molecule has 0 aliphatic rings. The van der Waals surface area contributed by atoms with Gasteiger partial charge in [-0.1, -0.05) is 0 Å². The van der Waals surface area contributed by atoms with Crippen LogP contribution in [0.5, 0.6) is 0 Å². The molecule has 3 heteroatoms. The van der Waals surface area contributed by atoms with E-state index < -0.39 is 0 Å². The molecule has 0 bridgehead atoms. The third-order valence-corrected chi connectivity index (χ3v) is 1.83. The van der Waals surface area contributed by atoms with Gasteiger partial charge in [-0.25, -0.2) is 4.98 Å². The van der Waals surface area contributed by atoms with Gasteiger partial charge in [0.15, 0.2) is 0 Å². The lowest BCUT2D eigenvalue weighted by molar-refractivity contribution is 0.716. The lowest BCUT2D eigenvalue weighted by atomic mass is 10.3. The minimum absolute atomic E-state index is 0.766. The predicted octanol–water partition coefficient (Wildman–Crippen LogP) is 0.668. The van der Waals surface area contributed by atoms with Crippen molar-refractivity contribution in [2.24, 2.45) is 0 Å². The Bertz CT molecular complexity index is 283. The number of hydrogen-bond donors (Lipinski definition) is 1. The molecule has 0 aromatic carbocycles. The molecule has 1 aromatic rings. The molecule has 3 nitrogen and oxygen atoms in total. The molecule has 1 rings (SSSR count). The lowest BCUT2D eigenvalue weighted by Crippen LogP contribution is -2.10. The van der Waals surface area contributed by atoms with E-state index in [-0.39, 0.29) is 0 Å². The summed E-state index contributed by atoms with van der Waals surface area (Å²) in [7, 11) is 1.94.